The molecule has 1 fully saturated rings. The molecule has 1 aliphatic carbocycles. The van der Waals surface area contributed by atoms with E-state index in [2.05, 4.69) is 17.6 Å². The van der Waals surface area contributed by atoms with Gasteiger partial charge in [0.05, 0.1) is 4.92 Å². The number of halogens is 1. The maximum atomic E-state index is 12.7. The maximum absolute atomic E-state index is 12.7. The van der Waals surface area contributed by atoms with Crippen LogP contribution < -0.4 is 10.6 Å². The first-order valence-corrected chi connectivity index (χ1v) is 9.63. The van der Waals surface area contributed by atoms with Gasteiger partial charge >= 0.3 is 0 Å². The van der Waals surface area contributed by atoms with Crippen LogP contribution in [0, 0.1) is 22.0 Å². The smallest absolute Gasteiger partial charge is 0.288 e. The average molecular weight is 396 g/mol. The van der Waals surface area contributed by atoms with E-state index in [4.69, 9.17) is 11.6 Å². The molecule has 3 unspecified atom stereocenters. The molecule has 1 aromatic rings. The van der Waals surface area contributed by atoms with Crippen LogP contribution in [0.15, 0.2) is 18.2 Å². The van der Waals surface area contributed by atoms with Gasteiger partial charge < -0.3 is 10.6 Å². The molecule has 2 N–H and O–H groups in total. The Bertz CT molecular complexity index is 723. The molecule has 1 aliphatic rings. The Hall–Kier alpha value is -2.15. The molecule has 0 spiro atoms. The molecular formula is C19H26ClN3O4. The fourth-order valence-corrected chi connectivity index (χ4v) is 3.54. The minimum absolute atomic E-state index is 0.0408. The Morgan fingerprint density at radius 3 is 2.52 bits per heavy atom. The van der Waals surface area contributed by atoms with Crippen LogP contribution in [0.1, 0.15) is 56.8 Å². The number of hydrogen-bond donors (Lipinski definition) is 2. The van der Waals surface area contributed by atoms with Gasteiger partial charge in [-0.25, -0.2) is 0 Å². The van der Waals surface area contributed by atoms with Crippen LogP contribution in [0.25, 0.3) is 0 Å². The van der Waals surface area contributed by atoms with Gasteiger partial charge in [0, 0.05) is 17.7 Å². The minimum Gasteiger partial charge on any atom is -0.351 e. The van der Waals surface area contributed by atoms with E-state index in [1.807, 2.05) is 13.8 Å². The largest absolute Gasteiger partial charge is 0.351 e. The Labute approximate surface area is 164 Å². The summed E-state index contributed by atoms with van der Waals surface area (Å²) in [5.41, 5.74) is -0.249. The first kappa shape index (κ1) is 21.2. The van der Waals surface area contributed by atoms with E-state index >= 15 is 0 Å². The molecule has 0 aliphatic heterocycles. The Morgan fingerprint density at radius 2 is 1.93 bits per heavy atom. The first-order chi connectivity index (χ1) is 12.7. The van der Waals surface area contributed by atoms with Gasteiger partial charge in [-0.2, -0.15) is 0 Å². The lowest BCUT2D eigenvalue weighted by atomic mass is 9.85. The number of carbonyl (C=O) groups excluding carboxylic acids is 2. The predicted molar refractivity (Wildman–Crippen MR) is 104 cm³/mol. The van der Waals surface area contributed by atoms with Crippen molar-refractivity contribution in [2.24, 2.45) is 11.8 Å². The molecule has 2 rings (SSSR count). The summed E-state index contributed by atoms with van der Waals surface area (Å²) in [6.07, 6.45) is 4.28. The van der Waals surface area contributed by atoms with Crippen LogP contribution in [-0.2, 0) is 4.79 Å². The Kier molecular flexibility index (Phi) is 7.18. The van der Waals surface area contributed by atoms with Crippen molar-refractivity contribution in [3.05, 3.63) is 38.9 Å². The van der Waals surface area contributed by atoms with Gasteiger partial charge in [-0.3, -0.25) is 19.7 Å². The fourth-order valence-electron chi connectivity index (χ4n) is 3.36. The van der Waals surface area contributed by atoms with Crippen LogP contribution in [0.5, 0.6) is 0 Å². The van der Waals surface area contributed by atoms with Gasteiger partial charge in [0.25, 0.3) is 11.6 Å². The third-order valence-corrected chi connectivity index (χ3v) is 5.40. The quantitative estimate of drug-likeness (QED) is 0.566. The van der Waals surface area contributed by atoms with Gasteiger partial charge in [0.15, 0.2) is 0 Å². The van der Waals surface area contributed by atoms with Crippen molar-refractivity contribution >= 4 is 29.1 Å². The van der Waals surface area contributed by atoms with Crippen molar-refractivity contribution in [1.29, 1.82) is 0 Å². The number of nitro benzene ring substituents is 1. The third-order valence-electron chi connectivity index (χ3n) is 5.08. The van der Waals surface area contributed by atoms with Gasteiger partial charge in [-0.05, 0) is 36.8 Å². The molecule has 3 atom stereocenters. The summed E-state index contributed by atoms with van der Waals surface area (Å²) >= 11 is 5.79. The normalized spacial score (nSPS) is 20.8. The van der Waals surface area contributed by atoms with E-state index in [9.17, 15) is 19.7 Å². The highest BCUT2D eigenvalue weighted by Crippen LogP contribution is 2.26. The predicted octanol–water partition coefficient (Wildman–Crippen LogP) is 3.70. The number of rotatable bonds is 6. The number of benzene rings is 1. The zero-order valence-electron chi connectivity index (χ0n) is 15.8. The lowest BCUT2D eigenvalue weighted by Gasteiger charge is -2.32. The first-order valence-electron chi connectivity index (χ1n) is 9.26. The lowest BCUT2D eigenvalue weighted by molar-refractivity contribution is -0.384. The van der Waals surface area contributed by atoms with Crippen molar-refractivity contribution in [2.75, 3.05) is 0 Å². The number of hydrogen-bond acceptors (Lipinski definition) is 4. The van der Waals surface area contributed by atoms with E-state index in [0.717, 1.165) is 25.3 Å². The monoisotopic (exact) mass is 395 g/mol. The number of carbonyl (C=O) groups is 2. The molecular weight excluding hydrogens is 370 g/mol. The van der Waals surface area contributed by atoms with Crippen LogP contribution in [0.3, 0.4) is 0 Å². The second-order valence-electron chi connectivity index (χ2n) is 7.50. The summed E-state index contributed by atoms with van der Waals surface area (Å²) in [4.78, 5) is 35.7. The molecule has 0 aromatic heterocycles. The minimum atomic E-state index is -0.721. The summed E-state index contributed by atoms with van der Waals surface area (Å²) in [7, 11) is 0. The molecule has 0 bridgehead atoms. The third kappa shape index (κ3) is 5.42. The standard InChI is InChI=1S/C19H26ClN3O4/c1-11(2)17(19(25)21-15-7-5-4-6-12(15)3)22-18(24)13-8-9-14(20)16(10-13)23(26)27/h8-12,15,17H,4-7H2,1-3H3,(H,21,25)(H,22,24). The molecule has 27 heavy (non-hydrogen) atoms. The Balaban J connectivity index is 2.11. The number of nitrogens with zero attached hydrogens (tertiary/aromatic N) is 1. The molecule has 148 valence electrons. The van der Waals surface area contributed by atoms with Gasteiger partial charge in [0.1, 0.15) is 11.1 Å². The van der Waals surface area contributed by atoms with Gasteiger partial charge in [-0.1, -0.05) is 45.2 Å². The average Bonchev–Trinajstić information content (AvgIpc) is 2.61. The fraction of sp³-hybridized carbons (Fsp3) is 0.579. The van der Waals surface area contributed by atoms with Crippen LogP contribution >= 0.6 is 11.6 Å². The van der Waals surface area contributed by atoms with Crippen LogP contribution in [0.4, 0.5) is 5.69 Å². The van der Waals surface area contributed by atoms with Crippen molar-refractivity contribution in [3.63, 3.8) is 0 Å². The van der Waals surface area contributed by atoms with Crippen molar-refractivity contribution in [3.8, 4) is 0 Å². The lowest BCUT2D eigenvalue weighted by Crippen LogP contribution is -2.53. The maximum Gasteiger partial charge on any atom is 0.288 e. The molecule has 7 nitrogen and oxygen atoms in total. The number of amides is 2. The molecule has 1 aromatic carbocycles. The Morgan fingerprint density at radius 1 is 1.26 bits per heavy atom. The molecule has 8 heteroatoms. The summed E-state index contributed by atoms with van der Waals surface area (Å²) < 4.78 is 0. The molecule has 0 heterocycles. The molecule has 0 radical (unpaired) electrons. The molecule has 0 saturated heterocycles. The highest BCUT2D eigenvalue weighted by molar-refractivity contribution is 6.32. The topological polar surface area (TPSA) is 101 Å². The van der Waals surface area contributed by atoms with Crippen molar-refractivity contribution < 1.29 is 14.5 Å². The second kappa shape index (κ2) is 9.17. The van der Waals surface area contributed by atoms with E-state index in [1.165, 1.54) is 18.6 Å². The highest BCUT2D eigenvalue weighted by atomic mass is 35.5. The van der Waals surface area contributed by atoms with Crippen molar-refractivity contribution in [2.45, 2.75) is 58.5 Å². The van der Waals surface area contributed by atoms with E-state index in [0.29, 0.717) is 5.92 Å². The molecule has 1 saturated carbocycles. The summed E-state index contributed by atoms with van der Waals surface area (Å²) in [6.45, 7) is 5.82. The van der Waals surface area contributed by atoms with E-state index in [1.54, 1.807) is 0 Å². The van der Waals surface area contributed by atoms with Gasteiger partial charge in [-0.15, -0.1) is 0 Å². The van der Waals surface area contributed by atoms with Gasteiger partial charge in [0.2, 0.25) is 5.91 Å². The summed E-state index contributed by atoms with van der Waals surface area (Å²) in [6, 6.07) is 3.23. The number of nitro groups is 1. The summed E-state index contributed by atoms with van der Waals surface area (Å²) in [5.74, 6) is -0.485. The van der Waals surface area contributed by atoms with Crippen LogP contribution in [-0.4, -0.2) is 28.8 Å². The molecule has 2 amide bonds. The second-order valence-corrected chi connectivity index (χ2v) is 7.90. The van der Waals surface area contributed by atoms with E-state index < -0.39 is 16.9 Å². The van der Waals surface area contributed by atoms with E-state index in [-0.39, 0.29) is 34.1 Å². The zero-order valence-corrected chi connectivity index (χ0v) is 16.6. The summed E-state index contributed by atoms with van der Waals surface area (Å²) in [5, 5.41) is 16.7. The highest BCUT2D eigenvalue weighted by Gasteiger charge is 2.29. The van der Waals surface area contributed by atoms with Crippen molar-refractivity contribution in [1.82, 2.24) is 10.6 Å². The zero-order chi connectivity index (χ0) is 20.1. The number of nitrogens with one attached hydrogen (secondary N) is 2. The van der Waals surface area contributed by atoms with Crippen LogP contribution in [0.2, 0.25) is 5.02 Å². The SMILES string of the molecule is CC(C)C(NC(=O)c1ccc(Cl)c([N+](=O)[O-])c1)C(=O)NC1CCCCC1C.